The summed E-state index contributed by atoms with van der Waals surface area (Å²) in [5.74, 6) is -1.96. The van der Waals surface area contributed by atoms with Gasteiger partial charge in [0.25, 0.3) is 5.91 Å². The van der Waals surface area contributed by atoms with E-state index in [1.165, 1.54) is 12.3 Å². The molecule has 2 atom stereocenters. The molecular formula is C30H31FN6O3. The van der Waals surface area contributed by atoms with Gasteiger partial charge in [0.1, 0.15) is 11.4 Å². The third kappa shape index (κ3) is 4.67. The topological polar surface area (TPSA) is 106 Å². The minimum atomic E-state index is -1.06. The Morgan fingerprint density at radius 3 is 2.62 bits per heavy atom. The highest BCUT2D eigenvalue weighted by Crippen LogP contribution is 2.55. The van der Waals surface area contributed by atoms with Gasteiger partial charge in [0.15, 0.2) is 0 Å². The number of halogens is 1. The monoisotopic (exact) mass is 542 g/mol. The van der Waals surface area contributed by atoms with Crippen LogP contribution in [0.2, 0.25) is 0 Å². The number of aryl methyl sites for hydroxylation is 1. The van der Waals surface area contributed by atoms with E-state index in [9.17, 15) is 14.7 Å². The van der Waals surface area contributed by atoms with E-state index in [2.05, 4.69) is 29.3 Å². The summed E-state index contributed by atoms with van der Waals surface area (Å²) >= 11 is 0. The molecule has 1 saturated heterocycles. The Labute approximate surface area is 231 Å². The molecule has 1 aliphatic heterocycles. The Kier molecular flexibility index (Phi) is 6.28. The average molecular weight is 543 g/mol. The molecule has 206 valence electrons. The number of carbonyl (C=O) groups is 2. The Hall–Kier alpha value is -4.34. The molecule has 9 nitrogen and oxygen atoms in total. The Morgan fingerprint density at radius 1 is 1.10 bits per heavy atom. The van der Waals surface area contributed by atoms with Crippen molar-refractivity contribution < 1.29 is 19.1 Å². The number of likely N-dealkylation sites (tertiary alicyclic amines) is 1. The SMILES string of the molecule is Cn1cc([C@H]2C[C@@H]2c2c(C(=O)O)cnn2-c2cccc(-c3cccc(C(=O)N4CCCC(C)(C)C4)c3F)c2)nn1. The third-order valence-electron chi connectivity index (χ3n) is 8.00. The quantitative estimate of drug-likeness (QED) is 0.366. The summed E-state index contributed by atoms with van der Waals surface area (Å²) in [4.78, 5) is 27.2. The fraction of sp³-hybridized carbons (Fsp3) is 0.367. The predicted molar refractivity (Wildman–Crippen MR) is 146 cm³/mol. The van der Waals surface area contributed by atoms with Crippen molar-refractivity contribution >= 4 is 11.9 Å². The van der Waals surface area contributed by atoms with Crippen LogP contribution in [0.25, 0.3) is 16.8 Å². The van der Waals surface area contributed by atoms with Crippen molar-refractivity contribution in [2.45, 2.75) is 44.9 Å². The summed E-state index contributed by atoms with van der Waals surface area (Å²) in [6.45, 7) is 5.46. The van der Waals surface area contributed by atoms with Crippen molar-refractivity contribution in [2.75, 3.05) is 13.1 Å². The number of piperidine rings is 1. The van der Waals surface area contributed by atoms with E-state index in [1.54, 1.807) is 51.6 Å². The molecule has 1 amide bonds. The average Bonchev–Trinajstić information content (AvgIpc) is 3.37. The van der Waals surface area contributed by atoms with E-state index in [0.29, 0.717) is 35.6 Å². The predicted octanol–water partition coefficient (Wildman–Crippen LogP) is 5.04. The van der Waals surface area contributed by atoms with Crippen LogP contribution in [0.1, 0.15) is 77.0 Å². The second-order valence-corrected chi connectivity index (χ2v) is 11.6. The molecule has 2 fully saturated rings. The molecule has 10 heteroatoms. The summed E-state index contributed by atoms with van der Waals surface area (Å²) in [6.07, 6.45) is 5.86. The first kappa shape index (κ1) is 25.9. The fourth-order valence-corrected chi connectivity index (χ4v) is 5.94. The van der Waals surface area contributed by atoms with Crippen LogP contribution in [-0.2, 0) is 7.05 Å². The Morgan fingerprint density at radius 2 is 1.90 bits per heavy atom. The highest BCUT2D eigenvalue weighted by Gasteiger charge is 2.46. The number of carbonyl (C=O) groups excluding carboxylic acids is 1. The Bertz CT molecular complexity index is 1620. The van der Waals surface area contributed by atoms with E-state index >= 15 is 4.39 Å². The Balaban J connectivity index is 1.34. The van der Waals surface area contributed by atoms with Crippen LogP contribution < -0.4 is 0 Å². The van der Waals surface area contributed by atoms with Crippen molar-refractivity contribution in [3.8, 4) is 16.8 Å². The van der Waals surface area contributed by atoms with Crippen molar-refractivity contribution in [3.05, 3.63) is 83.2 Å². The first-order valence-corrected chi connectivity index (χ1v) is 13.5. The van der Waals surface area contributed by atoms with E-state index < -0.39 is 11.8 Å². The van der Waals surface area contributed by atoms with Gasteiger partial charge in [0, 0.05) is 43.7 Å². The van der Waals surface area contributed by atoms with Gasteiger partial charge in [-0.2, -0.15) is 5.10 Å². The van der Waals surface area contributed by atoms with E-state index in [0.717, 1.165) is 25.0 Å². The molecule has 4 aromatic rings. The second-order valence-electron chi connectivity index (χ2n) is 11.6. The van der Waals surface area contributed by atoms with Gasteiger partial charge in [0.05, 0.1) is 28.8 Å². The first-order valence-electron chi connectivity index (χ1n) is 13.5. The molecule has 40 heavy (non-hydrogen) atoms. The minimum absolute atomic E-state index is 0.000254. The number of aromatic carboxylic acids is 1. The van der Waals surface area contributed by atoms with Gasteiger partial charge in [-0.1, -0.05) is 43.3 Å². The summed E-state index contributed by atoms with van der Waals surface area (Å²) in [7, 11) is 1.79. The van der Waals surface area contributed by atoms with Crippen LogP contribution in [0.4, 0.5) is 4.39 Å². The molecule has 0 radical (unpaired) electrons. The molecule has 3 heterocycles. The molecule has 2 aromatic heterocycles. The lowest BCUT2D eigenvalue weighted by Crippen LogP contribution is -2.43. The molecule has 0 unspecified atom stereocenters. The zero-order valence-electron chi connectivity index (χ0n) is 22.7. The number of benzene rings is 2. The fourth-order valence-electron chi connectivity index (χ4n) is 5.94. The van der Waals surface area contributed by atoms with Crippen molar-refractivity contribution in [1.82, 2.24) is 29.7 Å². The van der Waals surface area contributed by atoms with Crippen LogP contribution >= 0.6 is 0 Å². The van der Waals surface area contributed by atoms with Gasteiger partial charge in [-0.15, -0.1) is 5.10 Å². The van der Waals surface area contributed by atoms with Gasteiger partial charge < -0.3 is 10.0 Å². The van der Waals surface area contributed by atoms with Crippen molar-refractivity contribution in [2.24, 2.45) is 12.5 Å². The van der Waals surface area contributed by atoms with Gasteiger partial charge in [0.2, 0.25) is 0 Å². The molecule has 2 aliphatic rings. The summed E-state index contributed by atoms with van der Waals surface area (Å²) < 4.78 is 19.1. The number of amides is 1. The lowest BCUT2D eigenvalue weighted by molar-refractivity contribution is 0.0578. The minimum Gasteiger partial charge on any atom is -0.478 e. The molecule has 0 spiro atoms. The first-order chi connectivity index (χ1) is 19.1. The number of hydrogen-bond donors (Lipinski definition) is 1. The number of nitrogens with zero attached hydrogens (tertiary/aromatic N) is 6. The molecule has 0 bridgehead atoms. The van der Waals surface area contributed by atoms with Crippen LogP contribution in [0, 0.1) is 11.2 Å². The molecular weight excluding hydrogens is 511 g/mol. The van der Waals surface area contributed by atoms with Crippen LogP contribution in [-0.4, -0.2) is 59.7 Å². The third-order valence-corrected chi connectivity index (χ3v) is 8.00. The standard InChI is InChI=1S/C30H31FN6O3/c1-30(2)11-6-12-36(17-30)28(38)21-10-5-9-20(26(21)31)18-7-4-8-19(13-18)37-27(24(15-32-37)29(39)40)23-14-22(23)25-16-35(3)34-33-25/h4-5,7-10,13,15-16,22-23H,6,11-12,14,17H2,1-3H3,(H,39,40)/t22-,23-/m0/s1. The molecule has 1 N–H and O–H groups in total. The highest BCUT2D eigenvalue weighted by molar-refractivity contribution is 5.96. The highest BCUT2D eigenvalue weighted by atomic mass is 19.1. The largest absolute Gasteiger partial charge is 0.478 e. The molecule has 1 aliphatic carbocycles. The van der Waals surface area contributed by atoms with Gasteiger partial charge in [-0.05, 0) is 48.4 Å². The van der Waals surface area contributed by atoms with E-state index in [1.807, 2.05) is 12.3 Å². The molecule has 1 saturated carbocycles. The van der Waals surface area contributed by atoms with Gasteiger partial charge >= 0.3 is 5.97 Å². The number of rotatable bonds is 6. The summed E-state index contributed by atoms with van der Waals surface area (Å²) in [5.41, 5.74) is 3.06. The number of hydrogen-bond acceptors (Lipinski definition) is 5. The number of carboxylic acids is 1. The summed E-state index contributed by atoms with van der Waals surface area (Å²) in [5, 5.41) is 22.5. The summed E-state index contributed by atoms with van der Waals surface area (Å²) in [6, 6.07) is 12.0. The number of aromatic nitrogens is 5. The van der Waals surface area contributed by atoms with Gasteiger partial charge in [-0.25, -0.2) is 13.9 Å². The van der Waals surface area contributed by atoms with Crippen LogP contribution in [0.3, 0.4) is 0 Å². The zero-order valence-corrected chi connectivity index (χ0v) is 22.7. The maximum Gasteiger partial charge on any atom is 0.339 e. The van der Waals surface area contributed by atoms with Crippen LogP contribution in [0.5, 0.6) is 0 Å². The number of carboxylic acid groups (broad SMARTS) is 1. The zero-order chi connectivity index (χ0) is 28.2. The smallest absolute Gasteiger partial charge is 0.339 e. The molecule has 6 rings (SSSR count). The van der Waals surface area contributed by atoms with Crippen molar-refractivity contribution in [3.63, 3.8) is 0 Å². The van der Waals surface area contributed by atoms with E-state index in [4.69, 9.17) is 0 Å². The lowest BCUT2D eigenvalue weighted by Gasteiger charge is -2.38. The van der Waals surface area contributed by atoms with Crippen molar-refractivity contribution in [1.29, 1.82) is 0 Å². The maximum absolute atomic E-state index is 15.9. The second kappa shape index (κ2) is 9.69. The van der Waals surface area contributed by atoms with E-state index in [-0.39, 0.29) is 34.3 Å². The lowest BCUT2D eigenvalue weighted by atomic mass is 9.84. The molecule has 2 aromatic carbocycles. The maximum atomic E-state index is 15.9. The van der Waals surface area contributed by atoms with Gasteiger partial charge in [-0.3, -0.25) is 9.48 Å². The van der Waals surface area contributed by atoms with Crippen LogP contribution in [0.15, 0.2) is 54.9 Å². The normalized spacial score (nSPS) is 19.9.